The van der Waals surface area contributed by atoms with Crippen LogP contribution in [-0.4, -0.2) is 45.3 Å². The maximum Gasteiger partial charge on any atom is 0.161 e. The van der Waals surface area contributed by atoms with Gasteiger partial charge in [-0.25, -0.2) is 0 Å². The molecule has 2 heterocycles. The molecule has 4 nitrogen and oxygen atoms in total. The fraction of sp³-hybridized carbons (Fsp3) is 0.571. The second-order valence-corrected chi connectivity index (χ2v) is 4.91. The summed E-state index contributed by atoms with van der Waals surface area (Å²) in [5.41, 5.74) is 2.80. The van der Waals surface area contributed by atoms with Gasteiger partial charge in [-0.05, 0) is 29.7 Å². The zero-order valence-electron chi connectivity index (χ0n) is 11.0. The highest BCUT2D eigenvalue weighted by atomic mass is 16.5. The van der Waals surface area contributed by atoms with E-state index in [1.807, 2.05) is 0 Å². The Morgan fingerprint density at radius 2 is 1.94 bits per heavy atom. The Labute approximate surface area is 108 Å². The number of benzene rings is 1. The summed E-state index contributed by atoms with van der Waals surface area (Å²) in [5, 5.41) is 3.48. The summed E-state index contributed by atoms with van der Waals surface area (Å²) in [5.74, 6) is 1.68. The van der Waals surface area contributed by atoms with Gasteiger partial charge in [0.2, 0.25) is 0 Å². The number of rotatable bonds is 2. The van der Waals surface area contributed by atoms with Crippen LogP contribution in [0.1, 0.15) is 17.2 Å². The van der Waals surface area contributed by atoms with Crippen LogP contribution >= 0.6 is 0 Å². The van der Waals surface area contributed by atoms with E-state index >= 15 is 0 Å². The minimum atomic E-state index is 0.488. The van der Waals surface area contributed by atoms with Gasteiger partial charge >= 0.3 is 0 Å². The second-order valence-electron chi connectivity index (χ2n) is 4.91. The molecular formula is C14H20N2O2. The van der Waals surface area contributed by atoms with Gasteiger partial charge in [0, 0.05) is 32.2 Å². The Morgan fingerprint density at radius 1 is 1.17 bits per heavy atom. The molecule has 0 aliphatic carbocycles. The Kier molecular flexibility index (Phi) is 3.14. The third kappa shape index (κ3) is 1.85. The third-order valence-electron chi connectivity index (χ3n) is 4.03. The number of fused-ring (bicyclic) bond motifs is 3. The lowest BCUT2D eigenvalue weighted by Gasteiger charge is -2.41. The minimum absolute atomic E-state index is 0.488. The molecule has 2 aliphatic heterocycles. The molecule has 1 aromatic rings. The van der Waals surface area contributed by atoms with Crippen molar-refractivity contribution >= 4 is 0 Å². The van der Waals surface area contributed by atoms with Crippen LogP contribution in [0.3, 0.4) is 0 Å². The van der Waals surface area contributed by atoms with Crippen LogP contribution in [0.5, 0.6) is 11.5 Å². The van der Waals surface area contributed by atoms with E-state index in [2.05, 4.69) is 22.3 Å². The predicted octanol–water partition coefficient (Wildman–Crippen LogP) is 1.21. The van der Waals surface area contributed by atoms with Gasteiger partial charge in [-0.2, -0.15) is 0 Å². The Balaban J connectivity index is 2.02. The van der Waals surface area contributed by atoms with E-state index in [0.717, 1.165) is 44.1 Å². The van der Waals surface area contributed by atoms with Crippen molar-refractivity contribution in [2.24, 2.45) is 0 Å². The highest BCUT2D eigenvalue weighted by molar-refractivity contribution is 5.49. The van der Waals surface area contributed by atoms with Crippen molar-refractivity contribution < 1.29 is 9.47 Å². The van der Waals surface area contributed by atoms with Crippen molar-refractivity contribution in [3.05, 3.63) is 23.3 Å². The number of hydrogen-bond acceptors (Lipinski definition) is 4. The van der Waals surface area contributed by atoms with Crippen molar-refractivity contribution in [2.45, 2.75) is 12.5 Å². The van der Waals surface area contributed by atoms with Gasteiger partial charge in [-0.1, -0.05) is 0 Å². The average Bonchev–Trinajstić information content (AvgIpc) is 2.45. The number of piperazine rings is 1. The van der Waals surface area contributed by atoms with Gasteiger partial charge < -0.3 is 14.8 Å². The van der Waals surface area contributed by atoms with Crippen LogP contribution in [0.2, 0.25) is 0 Å². The standard InChI is InChI=1S/C14H20N2O2/c1-17-13-7-10-3-5-16-6-4-15-9-12(16)11(10)8-14(13)18-2/h7-8,12,15H,3-6,9H2,1-2H3/t12-/m0/s1. The molecule has 0 spiro atoms. The first-order valence-electron chi connectivity index (χ1n) is 6.53. The quantitative estimate of drug-likeness (QED) is 0.853. The van der Waals surface area contributed by atoms with Crippen molar-refractivity contribution in [2.75, 3.05) is 40.4 Å². The highest BCUT2D eigenvalue weighted by Crippen LogP contribution is 2.38. The van der Waals surface area contributed by atoms with E-state index < -0.39 is 0 Å². The van der Waals surface area contributed by atoms with Crippen molar-refractivity contribution in [1.82, 2.24) is 10.2 Å². The SMILES string of the molecule is COc1cc2c(cc1OC)[C@@H]1CNCCN1CC2. The van der Waals surface area contributed by atoms with Gasteiger partial charge in [0.1, 0.15) is 0 Å². The van der Waals surface area contributed by atoms with Crippen LogP contribution < -0.4 is 14.8 Å². The van der Waals surface area contributed by atoms with Crippen LogP contribution in [0, 0.1) is 0 Å². The van der Waals surface area contributed by atoms with Gasteiger partial charge in [0.25, 0.3) is 0 Å². The maximum absolute atomic E-state index is 5.42. The smallest absolute Gasteiger partial charge is 0.161 e. The molecule has 1 aromatic carbocycles. The highest BCUT2D eigenvalue weighted by Gasteiger charge is 2.30. The molecule has 18 heavy (non-hydrogen) atoms. The van der Waals surface area contributed by atoms with E-state index in [0.29, 0.717) is 6.04 Å². The summed E-state index contributed by atoms with van der Waals surface area (Å²) in [6, 6.07) is 4.78. The van der Waals surface area contributed by atoms with Crippen LogP contribution in [0.25, 0.3) is 0 Å². The number of methoxy groups -OCH3 is 2. The topological polar surface area (TPSA) is 33.7 Å². The molecular weight excluding hydrogens is 228 g/mol. The first kappa shape index (κ1) is 11.8. The summed E-state index contributed by atoms with van der Waals surface area (Å²) in [6.45, 7) is 4.41. The van der Waals surface area contributed by atoms with Crippen LogP contribution in [0.15, 0.2) is 12.1 Å². The molecule has 0 bridgehead atoms. The monoisotopic (exact) mass is 248 g/mol. The van der Waals surface area contributed by atoms with Crippen molar-refractivity contribution in [1.29, 1.82) is 0 Å². The lowest BCUT2D eigenvalue weighted by molar-refractivity contribution is 0.151. The average molecular weight is 248 g/mol. The molecule has 1 N–H and O–H groups in total. The van der Waals surface area contributed by atoms with E-state index in [9.17, 15) is 0 Å². The van der Waals surface area contributed by atoms with Crippen molar-refractivity contribution in [3.63, 3.8) is 0 Å². The Hall–Kier alpha value is -1.26. The van der Waals surface area contributed by atoms with Gasteiger partial charge in [-0.3, -0.25) is 4.90 Å². The van der Waals surface area contributed by atoms with Crippen LogP contribution in [-0.2, 0) is 6.42 Å². The minimum Gasteiger partial charge on any atom is -0.493 e. The third-order valence-corrected chi connectivity index (χ3v) is 4.03. The molecule has 0 saturated carbocycles. The molecule has 2 aliphatic rings. The first-order chi connectivity index (χ1) is 8.83. The maximum atomic E-state index is 5.42. The summed E-state index contributed by atoms with van der Waals surface area (Å²) >= 11 is 0. The molecule has 0 aromatic heterocycles. The first-order valence-corrected chi connectivity index (χ1v) is 6.53. The normalized spacial score (nSPS) is 23.1. The summed E-state index contributed by atoms with van der Waals surface area (Å²) in [7, 11) is 3.39. The fourth-order valence-electron chi connectivity index (χ4n) is 3.05. The lowest BCUT2D eigenvalue weighted by atomic mass is 9.91. The van der Waals surface area contributed by atoms with E-state index in [4.69, 9.17) is 9.47 Å². The molecule has 3 rings (SSSR count). The number of hydrogen-bond donors (Lipinski definition) is 1. The molecule has 4 heteroatoms. The summed E-state index contributed by atoms with van der Waals surface area (Å²) in [4.78, 5) is 2.56. The summed E-state index contributed by atoms with van der Waals surface area (Å²) < 4.78 is 10.8. The zero-order chi connectivity index (χ0) is 12.5. The molecule has 1 atom stereocenters. The number of ether oxygens (including phenoxy) is 2. The lowest BCUT2D eigenvalue weighted by Crippen LogP contribution is -2.48. The molecule has 0 unspecified atom stereocenters. The zero-order valence-corrected chi connectivity index (χ0v) is 11.0. The Morgan fingerprint density at radius 3 is 2.72 bits per heavy atom. The van der Waals surface area contributed by atoms with E-state index in [1.165, 1.54) is 11.1 Å². The Bertz CT molecular complexity index is 448. The van der Waals surface area contributed by atoms with Gasteiger partial charge in [0.15, 0.2) is 11.5 Å². The molecule has 98 valence electrons. The van der Waals surface area contributed by atoms with E-state index in [-0.39, 0.29) is 0 Å². The number of nitrogens with one attached hydrogen (secondary N) is 1. The summed E-state index contributed by atoms with van der Waals surface area (Å²) in [6.07, 6.45) is 1.10. The molecule has 0 amide bonds. The largest absolute Gasteiger partial charge is 0.493 e. The predicted molar refractivity (Wildman–Crippen MR) is 70.4 cm³/mol. The van der Waals surface area contributed by atoms with Gasteiger partial charge in [-0.15, -0.1) is 0 Å². The van der Waals surface area contributed by atoms with Crippen molar-refractivity contribution in [3.8, 4) is 11.5 Å². The van der Waals surface area contributed by atoms with E-state index in [1.54, 1.807) is 14.2 Å². The fourth-order valence-corrected chi connectivity index (χ4v) is 3.05. The van der Waals surface area contributed by atoms with Gasteiger partial charge in [0.05, 0.1) is 14.2 Å². The number of nitrogens with zero attached hydrogens (tertiary/aromatic N) is 1. The molecule has 1 fully saturated rings. The second kappa shape index (κ2) is 4.78. The van der Waals surface area contributed by atoms with Crippen LogP contribution in [0.4, 0.5) is 0 Å². The molecule has 0 radical (unpaired) electrons. The molecule has 1 saturated heterocycles.